The lowest BCUT2D eigenvalue weighted by atomic mass is 10.2. The Labute approximate surface area is 205 Å². The van der Waals surface area contributed by atoms with Crippen LogP contribution in [0.3, 0.4) is 0 Å². The summed E-state index contributed by atoms with van der Waals surface area (Å²) in [5, 5.41) is 3.69. The molecule has 0 saturated carbocycles. The van der Waals surface area contributed by atoms with Gasteiger partial charge in [-0.15, -0.1) is 0 Å². The fourth-order valence-electron chi connectivity index (χ4n) is 4.39. The fraction of sp³-hybridized carbons (Fsp3) is 0.185. The van der Waals surface area contributed by atoms with Crippen molar-refractivity contribution in [2.45, 2.75) is 19.4 Å². The number of fused-ring (bicyclic) bond motifs is 1. The van der Waals surface area contributed by atoms with Crippen molar-refractivity contribution in [2.24, 2.45) is 5.10 Å². The number of hydrogen-bond acceptors (Lipinski definition) is 5. The second-order valence-corrected chi connectivity index (χ2v) is 8.50. The lowest BCUT2D eigenvalue weighted by Crippen LogP contribution is -2.46. The molecule has 1 aliphatic heterocycles. The summed E-state index contributed by atoms with van der Waals surface area (Å²) in [4.78, 5) is 42.4. The number of carbonyl (C=O) groups is 1. The van der Waals surface area contributed by atoms with E-state index in [1.54, 1.807) is 59.5 Å². The van der Waals surface area contributed by atoms with Crippen LogP contribution in [0.1, 0.15) is 12.8 Å². The van der Waals surface area contributed by atoms with Gasteiger partial charge in [0.05, 0.1) is 22.4 Å². The molecule has 2 heterocycles. The van der Waals surface area contributed by atoms with Gasteiger partial charge in [0.15, 0.2) is 0 Å². The number of aromatic nitrogens is 2. The lowest BCUT2D eigenvalue weighted by Gasteiger charge is -2.16. The summed E-state index contributed by atoms with van der Waals surface area (Å²) in [5.74, 6) is -0.858. The first kappa shape index (κ1) is 23.2. The molecule has 0 bridgehead atoms. The summed E-state index contributed by atoms with van der Waals surface area (Å²) < 4.78 is 17.3. The van der Waals surface area contributed by atoms with Crippen molar-refractivity contribution in [3.63, 3.8) is 0 Å². The molecule has 0 aliphatic carbocycles. The van der Waals surface area contributed by atoms with Crippen molar-refractivity contribution in [1.82, 2.24) is 14.0 Å². The Kier molecular flexibility index (Phi) is 6.44. The number of para-hydroxylation sites is 4. The minimum atomic E-state index is -0.808. The van der Waals surface area contributed by atoms with Crippen molar-refractivity contribution in [1.29, 1.82) is 0 Å². The molecule has 1 fully saturated rings. The minimum absolute atomic E-state index is 0.0251. The molecule has 1 aromatic heterocycles. The van der Waals surface area contributed by atoms with Gasteiger partial charge in [0.25, 0.3) is 11.1 Å². The second kappa shape index (κ2) is 9.99. The Morgan fingerprint density at radius 2 is 1.47 bits per heavy atom. The quantitative estimate of drug-likeness (QED) is 0.441. The lowest BCUT2D eigenvalue weighted by molar-refractivity contribution is -0.130. The molecule has 5 rings (SSSR count). The van der Waals surface area contributed by atoms with Gasteiger partial charge in [-0.05, 0) is 49.2 Å². The number of benzene rings is 3. The van der Waals surface area contributed by atoms with E-state index in [4.69, 9.17) is 0 Å². The Morgan fingerprint density at radius 3 is 2.19 bits per heavy atom. The van der Waals surface area contributed by atoms with Crippen LogP contribution < -0.4 is 21.9 Å². The molecular weight excluding hydrogens is 461 g/mol. The molecule has 9 heteroatoms. The van der Waals surface area contributed by atoms with Crippen LogP contribution in [0, 0.1) is 5.82 Å². The number of nitrogens with zero attached hydrogens (tertiary/aromatic N) is 4. The smallest absolute Gasteiger partial charge is 0.289 e. The van der Waals surface area contributed by atoms with E-state index in [2.05, 4.69) is 10.5 Å². The van der Waals surface area contributed by atoms with E-state index in [1.165, 1.54) is 22.8 Å². The van der Waals surface area contributed by atoms with Crippen LogP contribution in [0.25, 0.3) is 16.7 Å². The summed E-state index contributed by atoms with van der Waals surface area (Å²) in [5.41, 5.74) is 2.32. The third-order valence-corrected chi connectivity index (χ3v) is 6.18. The van der Waals surface area contributed by atoms with E-state index in [1.807, 2.05) is 6.07 Å². The van der Waals surface area contributed by atoms with Crippen LogP contribution in [-0.2, 0) is 11.3 Å². The summed E-state index contributed by atoms with van der Waals surface area (Å²) in [6.45, 7) is 0.983. The van der Waals surface area contributed by atoms with Crippen molar-refractivity contribution >= 4 is 22.6 Å². The fourth-order valence-corrected chi connectivity index (χ4v) is 4.39. The summed E-state index contributed by atoms with van der Waals surface area (Å²) in [6, 6.07) is 21.3. The van der Waals surface area contributed by atoms with Crippen LogP contribution in [-0.4, -0.2) is 33.0 Å². The Hall–Kier alpha value is -4.53. The van der Waals surface area contributed by atoms with Crippen LogP contribution >= 0.6 is 0 Å². The van der Waals surface area contributed by atoms with E-state index >= 15 is 0 Å². The Balaban J connectivity index is 1.84. The Morgan fingerprint density at radius 1 is 0.833 bits per heavy atom. The highest BCUT2D eigenvalue weighted by Crippen LogP contribution is 2.18. The zero-order valence-electron chi connectivity index (χ0n) is 19.4. The molecule has 0 radical (unpaired) electrons. The SMILES string of the molecule is O=C(Cn1c(=O)c(=NNc2ccccc2)c(=O)n(-c2ccccc2F)c2ccccc21)N1CCCC1. The first-order valence-corrected chi connectivity index (χ1v) is 11.7. The maximum atomic E-state index is 15.0. The predicted molar refractivity (Wildman–Crippen MR) is 135 cm³/mol. The van der Waals surface area contributed by atoms with Gasteiger partial charge in [0.1, 0.15) is 12.4 Å². The number of carbonyl (C=O) groups excluding carboxylic acids is 1. The molecule has 3 aromatic carbocycles. The molecule has 1 amide bonds. The normalized spacial score (nSPS) is 13.8. The van der Waals surface area contributed by atoms with E-state index in [0.717, 1.165) is 17.4 Å². The molecule has 0 spiro atoms. The molecule has 0 unspecified atom stereocenters. The molecule has 8 nitrogen and oxygen atoms in total. The summed E-state index contributed by atoms with van der Waals surface area (Å²) in [7, 11) is 0. The van der Waals surface area contributed by atoms with E-state index in [9.17, 15) is 18.8 Å². The molecule has 0 atom stereocenters. The largest absolute Gasteiger partial charge is 0.341 e. The van der Waals surface area contributed by atoms with Gasteiger partial charge in [-0.2, -0.15) is 5.10 Å². The third kappa shape index (κ3) is 4.43. The Bertz CT molecular complexity index is 1620. The molecule has 1 aliphatic rings. The van der Waals surface area contributed by atoms with Gasteiger partial charge in [0.2, 0.25) is 11.3 Å². The summed E-state index contributed by atoms with van der Waals surface area (Å²) in [6.07, 6.45) is 1.81. The second-order valence-electron chi connectivity index (χ2n) is 8.50. The average molecular weight is 486 g/mol. The standard InChI is InChI=1S/C27H24FN5O3/c28-20-12-4-5-13-21(20)33-23-15-7-6-14-22(23)32(18-24(34)31-16-8-9-17-31)26(35)25(27(33)36)30-29-19-10-2-1-3-11-19/h1-7,10-15,29H,8-9,16-18H2. The number of halogens is 1. The molecule has 1 saturated heterocycles. The molecule has 36 heavy (non-hydrogen) atoms. The number of amides is 1. The zero-order valence-corrected chi connectivity index (χ0v) is 19.4. The van der Waals surface area contributed by atoms with Gasteiger partial charge >= 0.3 is 0 Å². The highest BCUT2D eigenvalue weighted by molar-refractivity contribution is 5.81. The predicted octanol–water partition coefficient (Wildman–Crippen LogP) is 2.84. The van der Waals surface area contributed by atoms with Crippen molar-refractivity contribution < 1.29 is 9.18 Å². The van der Waals surface area contributed by atoms with Crippen LogP contribution in [0.5, 0.6) is 0 Å². The number of rotatable bonds is 5. The van der Waals surface area contributed by atoms with Crippen LogP contribution in [0.15, 0.2) is 93.6 Å². The van der Waals surface area contributed by atoms with Crippen LogP contribution in [0.4, 0.5) is 10.1 Å². The summed E-state index contributed by atoms with van der Waals surface area (Å²) >= 11 is 0. The maximum absolute atomic E-state index is 15.0. The van der Waals surface area contributed by atoms with Crippen LogP contribution in [0.2, 0.25) is 0 Å². The number of anilines is 1. The monoisotopic (exact) mass is 485 g/mol. The number of nitrogens with one attached hydrogen (secondary N) is 1. The maximum Gasteiger partial charge on any atom is 0.289 e. The topological polar surface area (TPSA) is 88.7 Å². The molecule has 1 N–H and O–H groups in total. The first-order chi connectivity index (χ1) is 17.5. The van der Waals surface area contributed by atoms with Gasteiger partial charge in [-0.3, -0.25) is 28.9 Å². The number of likely N-dealkylation sites (tertiary alicyclic amines) is 1. The van der Waals surface area contributed by atoms with Gasteiger partial charge in [-0.1, -0.05) is 42.5 Å². The molecule has 182 valence electrons. The highest BCUT2D eigenvalue weighted by atomic mass is 19.1. The zero-order chi connectivity index (χ0) is 25.1. The minimum Gasteiger partial charge on any atom is -0.341 e. The van der Waals surface area contributed by atoms with E-state index in [-0.39, 0.29) is 23.7 Å². The van der Waals surface area contributed by atoms with Gasteiger partial charge in [0, 0.05) is 13.1 Å². The van der Waals surface area contributed by atoms with Crippen molar-refractivity contribution in [2.75, 3.05) is 18.5 Å². The molecular formula is C27H24FN5O3. The van der Waals surface area contributed by atoms with Crippen molar-refractivity contribution in [3.05, 3.63) is 111 Å². The van der Waals surface area contributed by atoms with Gasteiger partial charge in [-0.25, -0.2) is 4.39 Å². The number of hydrogen-bond donors (Lipinski definition) is 1. The van der Waals surface area contributed by atoms with E-state index in [0.29, 0.717) is 24.3 Å². The third-order valence-electron chi connectivity index (χ3n) is 6.18. The first-order valence-electron chi connectivity index (χ1n) is 11.7. The van der Waals surface area contributed by atoms with Crippen molar-refractivity contribution in [3.8, 4) is 5.69 Å². The molecule has 4 aromatic rings. The highest BCUT2D eigenvalue weighted by Gasteiger charge is 2.21. The average Bonchev–Trinajstić information content (AvgIpc) is 3.42. The van der Waals surface area contributed by atoms with E-state index < -0.39 is 22.3 Å². The van der Waals surface area contributed by atoms with Gasteiger partial charge < -0.3 is 4.90 Å².